The van der Waals surface area contributed by atoms with E-state index >= 15 is 0 Å². The topological polar surface area (TPSA) is 74.6 Å². The Morgan fingerprint density at radius 2 is 1.70 bits per heavy atom. The standard InChI is InChI=1S/C20H17NO5S/c1-14-16(13-22)12-21(20(14)15-5-3-2-4-6-15)27(23,24)17-7-8-18-19(11-17)26-10-9-25-18/h2-8,11-13H,9-10H2,1H3. The first-order chi connectivity index (χ1) is 13.0. The van der Waals surface area contributed by atoms with E-state index in [9.17, 15) is 13.2 Å². The van der Waals surface area contributed by atoms with Gasteiger partial charge in [0.15, 0.2) is 17.8 Å². The smallest absolute Gasteiger partial charge is 0.268 e. The highest BCUT2D eigenvalue weighted by molar-refractivity contribution is 7.90. The average molecular weight is 383 g/mol. The molecule has 7 heteroatoms. The molecule has 0 spiro atoms. The van der Waals surface area contributed by atoms with E-state index < -0.39 is 10.0 Å². The Kier molecular flexibility index (Phi) is 4.24. The van der Waals surface area contributed by atoms with Crippen LogP contribution in [0.15, 0.2) is 59.6 Å². The number of ether oxygens (including phenoxy) is 2. The normalized spacial score (nSPS) is 13.4. The largest absolute Gasteiger partial charge is 0.486 e. The Labute approximate surface area is 157 Å². The molecular weight excluding hydrogens is 366 g/mol. The second-order valence-corrected chi connectivity index (χ2v) is 7.96. The first-order valence-electron chi connectivity index (χ1n) is 8.40. The van der Waals surface area contributed by atoms with Gasteiger partial charge in [-0.1, -0.05) is 30.3 Å². The van der Waals surface area contributed by atoms with E-state index in [0.717, 1.165) is 3.97 Å². The van der Waals surface area contributed by atoms with Crippen LogP contribution in [-0.4, -0.2) is 31.9 Å². The van der Waals surface area contributed by atoms with Gasteiger partial charge in [0.05, 0.1) is 10.6 Å². The monoisotopic (exact) mass is 383 g/mol. The summed E-state index contributed by atoms with van der Waals surface area (Å²) in [6.45, 7) is 2.53. The minimum absolute atomic E-state index is 0.0661. The van der Waals surface area contributed by atoms with Crippen LogP contribution in [-0.2, 0) is 10.0 Å². The lowest BCUT2D eigenvalue weighted by atomic mass is 10.1. The summed E-state index contributed by atoms with van der Waals surface area (Å²) < 4.78 is 38.8. The van der Waals surface area contributed by atoms with Gasteiger partial charge in [0, 0.05) is 17.8 Å². The van der Waals surface area contributed by atoms with Crippen molar-refractivity contribution in [3.8, 4) is 22.8 Å². The van der Waals surface area contributed by atoms with Gasteiger partial charge in [-0.25, -0.2) is 12.4 Å². The third-order valence-corrected chi connectivity index (χ3v) is 6.17. The van der Waals surface area contributed by atoms with Crippen molar-refractivity contribution in [1.29, 1.82) is 0 Å². The third-order valence-electron chi connectivity index (χ3n) is 4.51. The Hall–Kier alpha value is -3.06. The number of carbonyl (C=O) groups excluding carboxylic acids is 1. The Morgan fingerprint density at radius 3 is 2.41 bits per heavy atom. The number of aldehydes is 1. The number of fused-ring (bicyclic) bond motifs is 1. The first-order valence-corrected chi connectivity index (χ1v) is 9.84. The van der Waals surface area contributed by atoms with Crippen molar-refractivity contribution in [3.63, 3.8) is 0 Å². The molecule has 6 nitrogen and oxygen atoms in total. The van der Waals surface area contributed by atoms with E-state index in [4.69, 9.17) is 9.47 Å². The Bertz CT molecular complexity index is 1120. The summed E-state index contributed by atoms with van der Waals surface area (Å²) in [5.74, 6) is 0.906. The molecule has 138 valence electrons. The van der Waals surface area contributed by atoms with Crippen molar-refractivity contribution in [2.75, 3.05) is 13.2 Å². The summed E-state index contributed by atoms with van der Waals surface area (Å²) in [5, 5.41) is 0. The number of aromatic nitrogens is 1. The fraction of sp³-hybridized carbons (Fsp3) is 0.150. The summed E-state index contributed by atoms with van der Waals surface area (Å²) in [4.78, 5) is 11.5. The van der Waals surface area contributed by atoms with E-state index in [1.807, 2.05) is 30.3 Å². The summed E-state index contributed by atoms with van der Waals surface area (Å²) in [7, 11) is -3.94. The maximum absolute atomic E-state index is 13.3. The number of nitrogens with zero attached hydrogens (tertiary/aromatic N) is 1. The first kappa shape index (κ1) is 17.4. The van der Waals surface area contributed by atoms with Crippen LogP contribution in [0.3, 0.4) is 0 Å². The molecule has 0 bridgehead atoms. The van der Waals surface area contributed by atoms with E-state index in [2.05, 4.69) is 0 Å². The number of hydrogen-bond acceptors (Lipinski definition) is 5. The van der Waals surface area contributed by atoms with Gasteiger partial charge in [-0.05, 0) is 30.2 Å². The van der Waals surface area contributed by atoms with Crippen LogP contribution in [0.5, 0.6) is 11.5 Å². The maximum atomic E-state index is 13.3. The Morgan fingerprint density at radius 1 is 1.00 bits per heavy atom. The molecule has 0 saturated carbocycles. The van der Waals surface area contributed by atoms with Crippen molar-refractivity contribution >= 4 is 16.3 Å². The molecule has 0 atom stereocenters. The number of hydrogen-bond donors (Lipinski definition) is 0. The molecule has 1 aliphatic heterocycles. The molecule has 1 aromatic heterocycles. The van der Waals surface area contributed by atoms with E-state index in [1.165, 1.54) is 18.3 Å². The molecule has 3 aromatic rings. The molecular formula is C20H17NO5S. The molecule has 0 fully saturated rings. The van der Waals surface area contributed by atoms with Crippen molar-refractivity contribution in [2.45, 2.75) is 11.8 Å². The SMILES string of the molecule is Cc1c(C=O)cn(S(=O)(=O)c2ccc3c(c2)OCCO3)c1-c1ccccc1. The average Bonchev–Trinajstić information content (AvgIpc) is 3.05. The van der Waals surface area contributed by atoms with E-state index in [1.54, 1.807) is 13.0 Å². The lowest BCUT2D eigenvalue weighted by Gasteiger charge is -2.19. The zero-order chi connectivity index (χ0) is 19.0. The highest BCUT2D eigenvalue weighted by Crippen LogP contribution is 2.35. The quantitative estimate of drug-likeness (QED) is 0.647. The summed E-state index contributed by atoms with van der Waals surface area (Å²) >= 11 is 0. The zero-order valence-electron chi connectivity index (χ0n) is 14.6. The van der Waals surface area contributed by atoms with Gasteiger partial charge in [0.1, 0.15) is 13.2 Å². The van der Waals surface area contributed by atoms with Crippen LogP contribution in [0.1, 0.15) is 15.9 Å². The fourth-order valence-electron chi connectivity index (χ4n) is 3.14. The highest BCUT2D eigenvalue weighted by atomic mass is 32.2. The molecule has 2 heterocycles. The molecule has 2 aromatic carbocycles. The van der Waals surface area contributed by atoms with Crippen molar-refractivity contribution in [1.82, 2.24) is 3.97 Å². The van der Waals surface area contributed by atoms with Crippen LogP contribution < -0.4 is 9.47 Å². The van der Waals surface area contributed by atoms with Gasteiger partial charge in [-0.15, -0.1) is 0 Å². The van der Waals surface area contributed by atoms with Crippen LogP contribution in [0, 0.1) is 6.92 Å². The van der Waals surface area contributed by atoms with Crippen LogP contribution in [0.25, 0.3) is 11.3 Å². The second kappa shape index (κ2) is 6.59. The van der Waals surface area contributed by atoms with E-state index in [-0.39, 0.29) is 4.90 Å². The predicted molar refractivity (Wildman–Crippen MR) is 100 cm³/mol. The number of carbonyl (C=O) groups is 1. The molecule has 0 saturated heterocycles. The van der Waals surface area contributed by atoms with Crippen molar-refractivity contribution in [3.05, 3.63) is 65.9 Å². The summed E-state index contributed by atoms with van der Waals surface area (Å²) in [5.41, 5.74) is 2.11. The van der Waals surface area contributed by atoms with Gasteiger partial charge in [0.2, 0.25) is 0 Å². The van der Waals surface area contributed by atoms with Gasteiger partial charge >= 0.3 is 0 Å². The fourth-order valence-corrected chi connectivity index (χ4v) is 4.59. The summed E-state index contributed by atoms with van der Waals surface area (Å²) in [6.07, 6.45) is 2.02. The second-order valence-electron chi connectivity index (χ2n) is 6.15. The molecule has 0 unspecified atom stereocenters. The lowest BCUT2D eigenvalue weighted by molar-refractivity contribution is 0.112. The highest BCUT2D eigenvalue weighted by Gasteiger charge is 2.26. The van der Waals surface area contributed by atoms with Gasteiger partial charge < -0.3 is 9.47 Å². The molecule has 0 amide bonds. The zero-order valence-corrected chi connectivity index (χ0v) is 15.4. The van der Waals surface area contributed by atoms with Crippen LogP contribution in [0.2, 0.25) is 0 Å². The van der Waals surface area contributed by atoms with Crippen LogP contribution in [0.4, 0.5) is 0 Å². The minimum atomic E-state index is -3.94. The number of rotatable bonds is 4. The van der Waals surface area contributed by atoms with Gasteiger partial charge in [0.25, 0.3) is 10.0 Å². The number of benzene rings is 2. The molecule has 0 radical (unpaired) electrons. The minimum Gasteiger partial charge on any atom is -0.486 e. The molecule has 0 N–H and O–H groups in total. The van der Waals surface area contributed by atoms with Crippen molar-refractivity contribution < 1.29 is 22.7 Å². The maximum Gasteiger partial charge on any atom is 0.268 e. The summed E-state index contributed by atoms with van der Waals surface area (Å²) in [6, 6.07) is 13.6. The van der Waals surface area contributed by atoms with E-state index in [0.29, 0.717) is 53.4 Å². The van der Waals surface area contributed by atoms with Crippen LogP contribution >= 0.6 is 0 Å². The molecule has 0 aliphatic carbocycles. The third kappa shape index (κ3) is 2.90. The Balaban J connectivity index is 1.91. The molecule has 4 rings (SSSR count). The molecule has 27 heavy (non-hydrogen) atoms. The molecule has 1 aliphatic rings. The lowest BCUT2D eigenvalue weighted by Crippen LogP contribution is -2.17. The van der Waals surface area contributed by atoms with Gasteiger partial charge in [-0.3, -0.25) is 4.79 Å². The van der Waals surface area contributed by atoms with Gasteiger partial charge in [-0.2, -0.15) is 0 Å². The van der Waals surface area contributed by atoms with Crippen molar-refractivity contribution in [2.24, 2.45) is 0 Å². The predicted octanol–water partition coefficient (Wildman–Crippen LogP) is 3.28.